The largest absolute Gasteiger partial charge is 0.356 e. The number of nitrogens with zero attached hydrogens (tertiary/aromatic N) is 1. The number of aryl methyl sites for hydroxylation is 1. The van der Waals surface area contributed by atoms with E-state index in [1.807, 2.05) is 25.1 Å². The summed E-state index contributed by atoms with van der Waals surface area (Å²) < 4.78 is 1.05. The molecule has 0 atom stereocenters. The Hall–Kier alpha value is -1.88. The smallest absolute Gasteiger partial charge is 0.269 e. The molecule has 0 radical (unpaired) electrons. The summed E-state index contributed by atoms with van der Waals surface area (Å²) in [6, 6.07) is 12.3. The monoisotopic (exact) mass is 306 g/mol. The van der Waals surface area contributed by atoms with Gasteiger partial charge in [0, 0.05) is 28.0 Å². The summed E-state index contributed by atoms with van der Waals surface area (Å²) in [4.78, 5) is 10.1. The van der Waals surface area contributed by atoms with Gasteiger partial charge < -0.3 is 5.32 Å². The van der Waals surface area contributed by atoms with Gasteiger partial charge in [-0.2, -0.15) is 0 Å². The van der Waals surface area contributed by atoms with E-state index in [0.717, 1.165) is 21.4 Å². The molecule has 2 aromatic rings. The zero-order chi connectivity index (χ0) is 13.1. The van der Waals surface area contributed by atoms with Crippen LogP contribution in [0.1, 0.15) is 5.56 Å². The second-order valence-electron chi connectivity index (χ2n) is 3.89. The average molecular weight is 307 g/mol. The summed E-state index contributed by atoms with van der Waals surface area (Å²) in [7, 11) is 0. The SMILES string of the molecule is Cc1cc(Nc2ccc([N+](=O)[O-])cc2)ccc1Br. The van der Waals surface area contributed by atoms with E-state index in [2.05, 4.69) is 21.2 Å². The lowest BCUT2D eigenvalue weighted by molar-refractivity contribution is -0.384. The first-order valence-corrected chi connectivity index (χ1v) is 6.13. The topological polar surface area (TPSA) is 55.2 Å². The van der Waals surface area contributed by atoms with Crippen molar-refractivity contribution in [2.24, 2.45) is 0 Å². The lowest BCUT2D eigenvalue weighted by atomic mass is 10.2. The van der Waals surface area contributed by atoms with Gasteiger partial charge in [0.2, 0.25) is 0 Å². The molecule has 2 rings (SSSR count). The predicted octanol–water partition coefficient (Wildman–Crippen LogP) is 4.41. The molecule has 0 heterocycles. The van der Waals surface area contributed by atoms with Crippen molar-refractivity contribution in [2.45, 2.75) is 6.92 Å². The van der Waals surface area contributed by atoms with Crippen molar-refractivity contribution in [3.05, 3.63) is 62.6 Å². The number of hydrogen-bond acceptors (Lipinski definition) is 3. The number of non-ortho nitro benzene ring substituents is 1. The lowest BCUT2D eigenvalue weighted by Gasteiger charge is -2.07. The van der Waals surface area contributed by atoms with E-state index < -0.39 is 4.92 Å². The van der Waals surface area contributed by atoms with E-state index in [-0.39, 0.29) is 5.69 Å². The van der Waals surface area contributed by atoms with Gasteiger partial charge in [0.25, 0.3) is 5.69 Å². The van der Waals surface area contributed by atoms with Crippen molar-refractivity contribution in [1.29, 1.82) is 0 Å². The molecule has 92 valence electrons. The highest BCUT2D eigenvalue weighted by Crippen LogP contribution is 2.24. The first-order valence-electron chi connectivity index (χ1n) is 5.34. The van der Waals surface area contributed by atoms with Gasteiger partial charge in [0.15, 0.2) is 0 Å². The summed E-state index contributed by atoms with van der Waals surface area (Å²) in [5.74, 6) is 0. The van der Waals surface area contributed by atoms with E-state index >= 15 is 0 Å². The molecule has 0 unspecified atom stereocenters. The zero-order valence-electron chi connectivity index (χ0n) is 9.68. The molecule has 0 bridgehead atoms. The van der Waals surface area contributed by atoms with Crippen molar-refractivity contribution in [2.75, 3.05) is 5.32 Å². The molecule has 0 saturated heterocycles. The van der Waals surface area contributed by atoms with Crippen LogP contribution in [0, 0.1) is 17.0 Å². The van der Waals surface area contributed by atoms with Gasteiger partial charge in [-0.25, -0.2) is 0 Å². The van der Waals surface area contributed by atoms with Gasteiger partial charge in [0.05, 0.1) is 4.92 Å². The molecule has 4 nitrogen and oxygen atoms in total. The Labute approximate surface area is 113 Å². The van der Waals surface area contributed by atoms with Crippen LogP contribution in [0.2, 0.25) is 0 Å². The van der Waals surface area contributed by atoms with Gasteiger partial charge in [0.1, 0.15) is 0 Å². The third-order valence-corrected chi connectivity index (χ3v) is 3.41. The second-order valence-corrected chi connectivity index (χ2v) is 4.75. The first kappa shape index (κ1) is 12.6. The molecule has 0 aliphatic carbocycles. The maximum Gasteiger partial charge on any atom is 0.269 e. The van der Waals surface area contributed by atoms with Crippen LogP contribution >= 0.6 is 15.9 Å². The number of nitro benzene ring substituents is 1. The van der Waals surface area contributed by atoms with Gasteiger partial charge in [-0.3, -0.25) is 10.1 Å². The minimum atomic E-state index is -0.409. The number of rotatable bonds is 3. The van der Waals surface area contributed by atoms with Gasteiger partial charge >= 0.3 is 0 Å². The molecule has 0 aromatic heterocycles. The average Bonchev–Trinajstić information content (AvgIpc) is 2.34. The highest BCUT2D eigenvalue weighted by atomic mass is 79.9. The lowest BCUT2D eigenvalue weighted by Crippen LogP contribution is -1.92. The van der Waals surface area contributed by atoms with Gasteiger partial charge in [-0.15, -0.1) is 0 Å². The quantitative estimate of drug-likeness (QED) is 0.675. The molecule has 0 aliphatic rings. The summed E-state index contributed by atoms with van der Waals surface area (Å²) >= 11 is 3.44. The van der Waals surface area contributed by atoms with Crippen molar-refractivity contribution in [1.82, 2.24) is 0 Å². The molecule has 0 saturated carbocycles. The fourth-order valence-electron chi connectivity index (χ4n) is 1.56. The molecule has 1 N–H and O–H groups in total. The number of nitro groups is 1. The standard InChI is InChI=1S/C13H11BrN2O2/c1-9-8-11(4-7-13(9)14)15-10-2-5-12(6-3-10)16(17)18/h2-8,15H,1H3. The predicted molar refractivity (Wildman–Crippen MR) is 75.3 cm³/mol. The zero-order valence-corrected chi connectivity index (χ0v) is 11.3. The highest BCUT2D eigenvalue weighted by Gasteiger charge is 2.04. The number of anilines is 2. The third kappa shape index (κ3) is 2.87. The van der Waals surface area contributed by atoms with Crippen LogP contribution < -0.4 is 5.32 Å². The fourth-order valence-corrected chi connectivity index (χ4v) is 1.80. The third-order valence-electron chi connectivity index (χ3n) is 2.52. The Morgan fingerprint density at radius 1 is 1.11 bits per heavy atom. The molecular weight excluding hydrogens is 296 g/mol. The summed E-state index contributed by atoms with van der Waals surface area (Å²) in [6.45, 7) is 2.01. The van der Waals surface area contributed by atoms with Crippen LogP contribution in [0.3, 0.4) is 0 Å². The van der Waals surface area contributed by atoms with Crippen molar-refractivity contribution in [3.63, 3.8) is 0 Å². The van der Waals surface area contributed by atoms with Crippen molar-refractivity contribution in [3.8, 4) is 0 Å². The number of nitrogens with one attached hydrogen (secondary N) is 1. The van der Waals surface area contributed by atoms with Gasteiger partial charge in [-0.1, -0.05) is 15.9 Å². The van der Waals surface area contributed by atoms with E-state index in [0.29, 0.717) is 0 Å². The maximum absolute atomic E-state index is 10.5. The highest BCUT2D eigenvalue weighted by molar-refractivity contribution is 9.10. The minimum Gasteiger partial charge on any atom is -0.356 e. The van der Waals surface area contributed by atoms with Crippen molar-refractivity contribution >= 4 is 33.0 Å². The maximum atomic E-state index is 10.5. The van der Waals surface area contributed by atoms with Crippen LogP contribution in [0.4, 0.5) is 17.1 Å². The van der Waals surface area contributed by atoms with Crippen LogP contribution in [-0.4, -0.2) is 4.92 Å². The second kappa shape index (κ2) is 5.18. The molecule has 0 spiro atoms. The Bertz CT molecular complexity index is 582. The molecule has 0 fully saturated rings. The summed E-state index contributed by atoms with van der Waals surface area (Å²) in [6.07, 6.45) is 0. The first-order chi connectivity index (χ1) is 8.56. The minimum absolute atomic E-state index is 0.0903. The molecular formula is C13H11BrN2O2. The van der Waals surface area contributed by atoms with Crippen LogP contribution in [0.25, 0.3) is 0 Å². The van der Waals surface area contributed by atoms with E-state index in [1.165, 1.54) is 12.1 Å². The Kier molecular flexibility index (Phi) is 3.62. The molecule has 0 amide bonds. The molecule has 5 heteroatoms. The molecule has 0 aliphatic heterocycles. The summed E-state index contributed by atoms with van der Waals surface area (Å²) in [5.41, 5.74) is 2.99. The number of halogens is 1. The fraction of sp³-hybridized carbons (Fsp3) is 0.0769. The van der Waals surface area contributed by atoms with Crippen LogP contribution in [0.5, 0.6) is 0 Å². The summed E-state index contributed by atoms with van der Waals surface area (Å²) in [5, 5.41) is 13.7. The van der Waals surface area contributed by atoms with Gasteiger partial charge in [-0.05, 0) is 42.8 Å². The Morgan fingerprint density at radius 2 is 1.72 bits per heavy atom. The van der Waals surface area contributed by atoms with Crippen molar-refractivity contribution < 1.29 is 4.92 Å². The Balaban J connectivity index is 2.18. The number of hydrogen-bond donors (Lipinski definition) is 1. The molecule has 2 aromatic carbocycles. The normalized spacial score (nSPS) is 10.1. The van der Waals surface area contributed by atoms with E-state index in [9.17, 15) is 10.1 Å². The Morgan fingerprint density at radius 3 is 2.28 bits per heavy atom. The number of benzene rings is 2. The molecule has 18 heavy (non-hydrogen) atoms. The van der Waals surface area contributed by atoms with Crippen LogP contribution in [-0.2, 0) is 0 Å². The van der Waals surface area contributed by atoms with E-state index in [1.54, 1.807) is 12.1 Å². The van der Waals surface area contributed by atoms with E-state index in [4.69, 9.17) is 0 Å². The van der Waals surface area contributed by atoms with Crippen LogP contribution in [0.15, 0.2) is 46.9 Å².